The molecular formula is C5H5BFNO3. The summed E-state index contributed by atoms with van der Waals surface area (Å²) in [6.07, 6.45) is 0.786. The molecule has 11 heavy (non-hydrogen) atoms. The molecule has 0 unspecified atom stereocenters. The smallest absolute Gasteiger partial charge is 0.507 e. The van der Waals surface area contributed by atoms with Gasteiger partial charge >= 0.3 is 7.12 Å². The van der Waals surface area contributed by atoms with Crippen LogP contribution in [0.25, 0.3) is 0 Å². The van der Waals surface area contributed by atoms with Gasteiger partial charge in [0.05, 0.1) is 6.20 Å². The molecule has 6 heteroatoms. The molecule has 0 aliphatic rings. The molecule has 0 amide bonds. The zero-order chi connectivity index (χ0) is 8.43. The minimum Gasteiger partial charge on any atom is -0.507 e. The molecule has 1 aromatic rings. The Morgan fingerprint density at radius 2 is 2.09 bits per heavy atom. The van der Waals surface area contributed by atoms with E-state index in [1.165, 1.54) is 0 Å². The van der Waals surface area contributed by atoms with E-state index in [-0.39, 0.29) is 5.59 Å². The van der Waals surface area contributed by atoms with Crippen LogP contribution in [0.2, 0.25) is 0 Å². The lowest BCUT2D eigenvalue weighted by Gasteiger charge is -1.99. The number of aromatic hydroxyl groups is 1. The molecule has 0 saturated carbocycles. The summed E-state index contributed by atoms with van der Waals surface area (Å²) in [4.78, 5) is 3.25. The highest BCUT2D eigenvalue weighted by Crippen LogP contribution is 2.04. The van der Waals surface area contributed by atoms with Gasteiger partial charge in [-0.15, -0.1) is 0 Å². The number of rotatable bonds is 1. The number of nitrogens with zero attached hydrogens (tertiary/aromatic N) is 1. The molecule has 0 saturated heterocycles. The Balaban J connectivity index is 3.09. The van der Waals surface area contributed by atoms with Crippen LogP contribution in [0.15, 0.2) is 12.3 Å². The average molecular weight is 157 g/mol. The van der Waals surface area contributed by atoms with E-state index in [4.69, 9.17) is 15.2 Å². The third-order valence-electron chi connectivity index (χ3n) is 1.11. The van der Waals surface area contributed by atoms with Gasteiger partial charge in [-0.2, -0.15) is 0 Å². The summed E-state index contributed by atoms with van der Waals surface area (Å²) < 4.78 is 12.2. The number of pyridine rings is 1. The maximum absolute atomic E-state index is 12.2. The van der Waals surface area contributed by atoms with Crippen molar-refractivity contribution in [1.82, 2.24) is 4.98 Å². The summed E-state index contributed by atoms with van der Waals surface area (Å²) in [7, 11) is -1.88. The van der Waals surface area contributed by atoms with Crippen LogP contribution in [0.4, 0.5) is 4.39 Å². The summed E-state index contributed by atoms with van der Waals surface area (Å²) in [5.74, 6) is -1.30. The summed E-state index contributed by atoms with van der Waals surface area (Å²) in [5.41, 5.74) is -0.355. The standard InChI is InChI=1S/C5H5BFNO3/c7-3-1-4(9)5(6(10)11)8-2-3/h1-2,9-11H. The van der Waals surface area contributed by atoms with E-state index < -0.39 is 18.7 Å². The predicted octanol–water partition coefficient (Wildman–Crippen LogP) is -1.39. The summed E-state index contributed by atoms with van der Waals surface area (Å²) >= 11 is 0. The van der Waals surface area contributed by atoms with Crippen molar-refractivity contribution in [2.45, 2.75) is 0 Å². The van der Waals surface area contributed by atoms with E-state index in [2.05, 4.69) is 4.98 Å². The van der Waals surface area contributed by atoms with Crippen LogP contribution in [0.1, 0.15) is 0 Å². The largest absolute Gasteiger partial charge is 0.512 e. The molecule has 0 atom stereocenters. The third-order valence-corrected chi connectivity index (χ3v) is 1.11. The highest BCUT2D eigenvalue weighted by atomic mass is 19.1. The zero-order valence-electron chi connectivity index (χ0n) is 5.40. The monoisotopic (exact) mass is 157 g/mol. The summed E-state index contributed by atoms with van der Waals surface area (Å²) in [5, 5.41) is 25.9. The quantitative estimate of drug-likeness (QED) is 0.438. The highest BCUT2D eigenvalue weighted by Gasteiger charge is 2.17. The number of hydrogen-bond acceptors (Lipinski definition) is 4. The number of aromatic nitrogens is 1. The molecule has 0 aliphatic carbocycles. The molecule has 0 spiro atoms. The minimum atomic E-state index is -1.88. The first kappa shape index (κ1) is 7.97. The van der Waals surface area contributed by atoms with E-state index >= 15 is 0 Å². The number of halogens is 1. The van der Waals surface area contributed by atoms with Crippen molar-refractivity contribution in [3.05, 3.63) is 18.1 Å². The van der Waals surface area contributed by atoms with Crippen molar-refractivity contribution in [2.75, 3.05) is 0 Å². The van der Waals surface area contributed by atoms with Gasteiger partial charge in [-0.25, -0.2) is 4.39 Å². The first-order chi connectivity index (χ1) is 5.11. The SMILES string of the molecule is OB(O)c1ncc(F)cc1O. The molecular weight excluding hydrogens is 152 g/mol. The first-order valence-corrected chi connectivity index (χ1v) is 2.82. The fourth-order valence-electron chi connectivity index (χ4n) is 0.638. The Labute approximate surface area is 62.1 Å². The Hall–Kier alpha value is -1.14. The average Bonchev–Trinajstić information content (AvgIpc) is 1.85. The van der Waals surface area contributed by atoms with Crippen molar-refractivity contribution in [1.29, 1.82) is 0 Å². The Morgan fingerprint density at radius 3 is 2.55 bits per heavy atom. The van der Waals surface area contributed by atoms with Gasteiger partial charge in [0, 0.05) is 6.07 Å². The van der Waals surface area contributed by atoms with Gasteiger partial charge in [0.25, 0.3) is 0 Å². The molecule has 0 fully saturated rings. The van der Waals surface area contributed by atoms with E-state index in [0.29, 0.717) is 0 Å². The summed E-state index contributed by atoms with van der Waals surface area (Å²) in [6, 6.07) is 0.752. The van der Waals surface area contributed by atoms with Crippen LogP contribution in [0.5, 0.6) is 5.75 Å². The van der Waals surface area contributed by atoms with Gasteiger partial charge in [0.15, 0.2) is 0 Å². The second-order valence-corrected chi connectivity index (χ2v) is 1.93. The van der Waals surface area contributed by atoms with E-state index in [0.717, 1.165) is 12.3 Å². The molecule has 0 bridgehead atoms. The minimum absolute atomic E-state index is 0.355. The first-order valence-electron chi connectivity index (χ1n) is 2.82. The molecule has 1 rings (SSSR count). The summed E-state index contributed by atoms with van der Waals surface area (Å²) in [6.45, 7) is 0. The highest BCUT2D eigenvalue weighted by molar-refractivity contribution is 6.58. The molecule has 58 valence electrons. The molecule has 0 radical (unpaired) electrons. The second-order valence-electron chi connectivity index (χ2n) is 1.93. The molecule has 1 aromatic heterocycles. The van der Waals surface area contributed by atoms with Crippen molar-refractivity contribution in [3.8, 4) is 5.75 Å². The fourth-order valence-corrected chi connectivity index (χ4v) is 0.638. The van der Waals surface area contributed by atoms with Crippen LogP contribution >= 0.6 is 0 Å². The van der Waals surface area contributed by atoms with Crippen molar-refractivity contribution < 1.29 is 19.5 Å². The Morgan fingerprint density at radius 1 is 1.45 bits per heavy atom. The van der Waals surface area contributed by atoms with E-state index in [9.17, 15) is 4.39 Å². The Kier molecular flexibility index (Phi) is 2.07. The van der Waals surface area contributed by atoms with Crippen molar-refractivity contribution >= 4 is 12.7 Å². The molecule has 0 aromatic carbocycles. The molecule has 3 N–H and O–H groups in total. The van der Waals surface area contributed by atoms with E-state index in [1.807, 2.05) is 0 Å². The van der Waals surface area contributed by atoms with Crippen molar-refractivity contribution in [2.24, 2.45) is 0 Å². The maximum Gasteiger partial charge on any atom is 0.512 e. The van der Waals surface area contributed by atoms with Crippen LogP contribution in [0, 0.1) is 5.82 Å². The Bertz CT molecular complexity index is 268. The topological polar surface area (TPSA) is 73.6 Å². The van der Waals surface area contributed by atoms with Crippen molar-refractivity contribution in [3.63, 3.8) is 0 Å². The van der Waals surface area contributed by atoms with E-state index in [1.54, 1.807) is 0 Å². The van der Waals surface area contributed by atoms with Gasteiger partial charge in [-0.05, 0) is 0 Å². The van der Waals surface area contributed by atoms with Gasteiger partial charge in [-0.3, -0.25) is 4.98 Å². The molecule has 0 aliphatic heterocycles. The fraction of sp³-hybridized carbons (Fsp3) is 0. The molecule has 4 nitrogen and oxygen atoms in total. The third kappa shape index (κ3) is 1.66. The van der Waals surface area contributed by atoms with Gasteiger partial charge in [-0.1, -0.05) is 0 Å². The van der Waals surface area contributed by atoms with Crippen LogP contribution in [-0.2, 0) is 0 Å². The lowest BCUT2D eigenvalue weighted by Crippen LogP contribution is -2.32. The van der Waals surface area contributed by atoms with Gasteiger partial charge in [0.1, 0.15) is 17.2 Å². The van der Waals surface area contributed by atoms with Crippen LogP contribution in [-0.4, -0.2) is 27.3 Å². The maximum atomic E-state index is 12.2. The van der Waals surface area contributed by atoms with Crippen LogP contribution in [0.3, 0.4) is 0 Å². The van der Waals surface area contributed by atoms with Crippen LogP contribution < -0.4 is 5.59 Å². The lowest BCUT2D eigenvalue weighted by atomic mass is 9.85. The molecule has 1 heterocycles. The normalized spacial score (nSPS) is 9.73. The van der Waals surface area contributed by atoms with Gasteiger partial charge in [0.2, 0.25) is 0 Å². The predicted molar refractivity (Wildman–Crippen MR) is 35.7 cm³/mol. The van der Waals surface area contributed by atoms with Gasteiger partial charge < -0.3 is 15.2 Å². The number of hydrogen-bond donors (Lipinski definition) is 3. The second kappa shape index (κ2) is 2.85. The zero-order valence-corrected chi connectivity index (χ0v) is 5.40. The lowest BCUT2D eigenvalue weighted by molar-refractivity contribution is 0.416.